The number of fused-ring (bicyclic) bond motifs is 1. The smallest absolute Gasteiger partial charge is 0.106 e. The van der Waals surface area contributed by atoms with Gasteiger partial charge in [0.25, 0.3) is 0 Å². The first-order valence-electron chi connectivity index (χ1n) is 5.73. The van der Waals surface area contributed by atoms with Gasteiger partial charge in [0.2, 0.25) is 0 Å². The number of aromatic nitrogens is 2. The van der Waals surface area contributed by atoms with Gasteiger partial charge in [-0.05, 0) is 20.0 Å². The number of imidazole rings is 1. The molecule has 0 saturated carbocycles. The van der Waals surface area contributed by atoms with E-state index in [1.807, 2.05) is 0 Å². The van der Waals surface area contributed by atoms with Crippen molar-refractivity contribution in [3.8, 4) is 0 Å². The van der Waals surface area contributed by atoms with Crippen molar-refractivity contribution >= 4 is 0 Å². The van der Waals surface area contributed by atoms with E-state index < -0.39 is 0 Å². The maximum atomic E-state index is 5.61. The van der Waals surface area contributed by atoms with Crippen molar-refractivity contribution in [1.82, 2.24) is 14.5 Å². The lowest BCUT2D eigenvalue weighted by molar-refractivity contribution is 0.230. The van der Waals surface area contributed by atoms with E-state index in [1.165, 1.54) is 11.4 Å². The second kappa shape index (κ2) is 4.33. The quantitative estimate of drug-likeness (QED) is 0.788. The molecule has 0 aromatic carbocycles. The SMILES string of the molecule is CCN1CCn2c(C)nc(CCN)c2C1. The maximum Gasteiger partial charge on any atom is 0.106 e. The Morgan fingerprint density at radius 2 is 2.20 bits per heavy atom. The Morgan fingerprint density at radius 3 is 2.87 bits per heavy atom. The van der Waals surface area contributed by atoms with Crippen LogP contribution in [0.1, 0.15) is 24.1 Å². The minimum absolute atomic E-state index is 0.690. The van der Waals surface area contributed by atoms with Gasteiger partial charge in [-0.1, -0.05) is 6.92 Å². The summed E-state index contributed by atoms with van der Waals surface area (Å²) in [5.74, 6) is 1.14. The van der Waals surface area contributed by atoms with Crippen LogP contribution in [-0.4, -0.2) is 34.1 Å². The first-order chi connectivity index (χ1) is 7.26. The molecule has 1 aromatic rings. The zero-order valence-electron chi connectivity index (χ0n) is 9.66. The lowest BCUT2D eigenvalue weighted by Crippen LogP contribution is -2.34. The molecule has 0 unspecified atom stereocenters. The Labute approximate surface area is 91.1 Å². The molecule has 0 saturated heterocycles. The Bertz CT molecular complexity index is 343. The molecule has 1 aliphatic heterocycles. The number of hydrogen-bond acceptors (Lipinski definition) is 3. The third kappa shape index (κ3) is 1.92. The highest BCUT2D eigenvalue weighted by molar-refractivity contribution is 5.19. The number of aryl methyl sites for hydroxylation is 1. The van der Waals surface area contributed by atoms with Crippen LogP contribution < -0.4 is 5.73 Å². The molecule has 0 aliphatic carbocycles. The third-order valence-corrected chi connectivity index (χ3v) is 3.19. The van der Waals surface area contributed by atoms with Gasteiger partial charge in [-0.15, -0.1) is 0 Å². The van der Waals surface area contributed by atoms with E-state index in [-0.39, 0.29) is 0 Å². The van der Waals surface area contributed by atoms with Crippen molar-refractivity contribution in [1.29, 1.82) is 0 Å². The summed E-state index contributed by atoms with van der Waals surface area (Å²) in [7, 11) is 0. The molecule has 2 rings (SSSR count). The molecule has 4 nitrogen and oxygen atoms in total. The highest BCUT2D eigenvalue weighted by Crippen LogP contribution is 2.18. The number of nitrogens with two attached hydrogens (primary N) is 1. The lowest BCUT2D eigenvalue weighted by Gasteiger charge is -2.28. The molecule has 0 fully saturated rings. The standard InChI is InChI=1S/C11H20N4/c1-3-14-6-7-15-9(2)13-10(4-5-12)11(15)8-14/h3-8,12H2,1-2H3. The zero-order valence-corrected chi connectivity index (χ0v) is 9.66. The highest BCUT2D eigenvalue weighted by Gasteiger charge is 2.20. The Kier molecular flexibility index (Phi) is 3.07. The molecule has 2 heterocycles. The van der Waals surface area contributed by atoms with Gasteiger partial charge >= 0.3 is 0 Å². The summed E-state index contributed by atoms with van der Waals surface area (Å²) in [6.07, 6.45) is 0.903. The van der Waals surface area contributed by atoms with Crippen molar-refractivity contribution in [3.63, 3.8) is 0 Å². The van der Waals surface area contributed by atoms with E-state index in [0.717, 1.165) is 38.4 Å². The van der Waals surface area contributed by atoms with Crippen molar-refractivity contribution in [2.24, 2.45) is 5.73 Å². The van der Waals surface area contributed by atoms with Gasteiger partial charge in [-0.3, -0.25) is 4.90 Å². The van der Waals surface area contributed by atoms with E-state index in [2.05, 4.69) is 28.3 Å². The maximum absolute atomic E-state index is 5.61. The molecule has 0 radical (unpaired) electrons. The van der Waals surface area contributed by atoms with E-state index in [0.29, 0.717) is 6.54 Å². The largest absolute Gasteiger partial charge is 0.330 e. The molecule has 0 atom stereocenters. The topological polar surface area (TPSA) is 47.1 Å². The van der Waals surface area contributed by atoms with Crippen LogP contribution in [0.3, 0.4) is 0 Å². The number of rotatable bonds is 3. The van der Waals surface area contributed by atoms with Gasteiger partial charge in [0.05, 0.1) is 11.4 Å². The van der Waals surface area contributed by atoms with Crippen LogP contribution in [0.25, 0.3) is 0 Å². The number of hydrogen-bond donors (Lipinski definition) is 1. The van der Waals surface area contributed by atoms with Crippen molar-refractivity contribution < 1.29 is 0 Å². The average Bonchev–Trinajstić information content (AvgIpc) is 2.56. The van der Waals surface area contributed by atoms with Crippen LogP contribution in [0, 0.1) is 6.92 Å². The Balaban J connectivity index is 2.28. The molecule has 2 N–H and O–H groups in total. The first kappa shape index (κ1) is 10.6. The van der Waals surface area contributed by atoms with Gasteiger partial charge in [0, 0.05) is 26.1 Å². The molecular weight excluding hydrogens is 188 g/mol. The molecule has 0 amide bonds. The fraction of sp³-hybridized carbons (Fsp3) is 0.727. The zero-order chi connectivity index (χ0) is 10.8. The van der Waals surface area contributed by atoms with Crippen LogP contribution in [0.5, 0.6) is 0 Å². The van der Waals surface area contributed by atoms with Crippen LogP contribution in [0.2, 0.25) is 0 Å². The van der Waals surface area contributed by atoms with Gasteiger partial charge in [0.1, 0.15) is 5.82 Å². The van der Waals surface area contributed by atoms with Gasteiger partial charge in [-0.25, -0.2) is 4.98 Å². The minimum Gasteiger partial charge on any atom is -0.330 e. The summed E-state index contributed by atoms with van der Waals surface area (Å²) in [5.41, 5.74) is 8.19. The second-order valence-electron chi connectivity index (χ2n) is 4.11. The molecule has 1 aromatic heterocycles. The molecule has 1 aliphatic rings. The summed E-state index contributed by atoms with van der Waals surface area (Å²) >= 11 is 0. The van der Waals surface area contributed by atoms with E-state index in [4.69, 9.17) is 5.73 Å². The fourth-order valence-corrected chi connectivity index (χ4v) is 2.28. The van der Waals surface area contributed by atoms with Crippen LogP contribution in [-0.2, 0) is 19.5 Å². The molecule has 4 heteroatoms. The molecular formula is C11H20N4. The summed E-state index contributed by atoms with van der Waals surface area (Å²) in [6.45, 7) is 9.36. The average molecular weight is 208 g/mol. The third-order valence-electron chi connectivity index (χ3n) is 3.19. The van der Waals surface area contributed by atoms with Gasteiger partial charge in [0.15, 0.2) is 0 Å². The van der Waals surface area contributed by atoms with Crippen molar-refractivity contribution in [3.05, 3.63) is 17.2 Å². The van der Waals surface area contributed by atoms with Crippen LogP contribution in [0.15, 0.2) is 0 Å². The first-order valence-corrected chi connectivity index (χ1v) is 5.73. The molecule has 15 heavy (non-hydrogen) atoms. The summed E-state index contributed by atoms with van der Waals surface area (Å²) < 4.78 is 2.34. The summed E-state index contributed by atoms with van der Waals surface area (Å²) in [4.78, 5) is 7.06. The Morgan fingerprint density at radius 1 is 1.40 bits per heavy atom. The summed E-state index contributed by atoms with van der Waals surface area (Å²) in [6, 6.07) is 0. The lowest BCUT2D eigenvalue weighted by atomic mass is 10.2. The predicted molar refractivity (Wildman–Crippen MR) is 60.7 cm³/mol. The van der Waals surface area contributed by atoms with E-state index in [9.17, 15) is 0 Å². The highest BCUT2D eigenvalue weighted by atomic mass is 15.2. The predicted octanol–water partition coefficient (Wildman–Crippen LogP) is 0.528. The van der Waals surface area contributed by atoms with Crippen molar-refractivity contribution in [2.45, 2.75) is 33.4 Å². The molecule has 0 bridgehead atoms. The second-order valence-corrected chi connectivity index (χ2v) is 4.11. The minimum atomic E-state index is 0.690. The van der Waals surface area contributed by atoms with Gasteiger partial charge < -0.3 is 10.3 Å². The number of nitrogens with zero attached hydrogens (tertiary/aromatic N) is 3. The summed E-state index contributed by atoms with van der Waals surface area (Å²) in [5, 5.41) is 0. The van der Waals surface area contributed by atoms with Crippen LogP contribution >= 0.6 is 0 Å². The van der Waals surface area contributed by atoms with E-state index >= 15 is 0 Å². The monoisotopic (exact) mass is 208 g/mol. The van der Waals surface area contributed by atoms with E-state index in [1.54, 1.807) is 0 Å². The Hall–Kier alpha value is -0.870. The van der Waals surface area contributed by atoms with Crippen molar-refractivity contribution in [2.75, 3.05) is 19.6 Å². The normalized spacial score (nSPS) is 16.7. The fourth-order valence-electron chi connectivity index (χ4n) is 2.28. The van der Waals surface area contributed by atoms with Crippen LogP contribution in [0.4, 0.5) is 0 Å². The molecule has 0 spiro atoms. The number of likely N-dealkylation sites (N-methyl/N-ethyl adjacent to an activating group) is 1. The van der Waals surface area contributed by atoms with Gasteiger partial charge in [-0.2, -0.15) is 0 Å². The molecule has 84 valence electrons.